The van der Waals surface area contributed by atoms with Crippen molar-refractivity contribution in [3.63, 3.8) is 0 Å². The highest BCUT2D eigenvalue weighted by atomic mass is 16.7. The van der Waals surface area contributed by atoms with Crippen molar-refractivity contribution in [2.75, 3.05) is 6.61 Å². The first-order valence-electron chi connectivity index (χ1n) is 9.59. The van der Waals surface area contributed by atoms with E-state index in [1.54, 1.807) is 0 Å². The van der Waals surface area contributed by atoms with Crippen LogP contribution in [0.5, 0.6) is 0 Å². The highest BCUT2D eigenvalue weighted by molar-refractivity contribution is 5.68. The third-order valence-corrected chi connectivity index (χ3v) is 4.40. The lowest BCUT2D eigenvalue weighted by molar-refractivity contribution is -0.252. The molecule has 5 atom stereocenters. The van der Waals surface area contributed by atoms with Gasteiger partial charge in [-0.05, 0) is 0 Å². The molecule has 0 bridgehead atoms. The van der Waals surface area contributed by atoms with Gasteiger partial charge in [0, 0.05) is 45.9 Å². The maximum absolute atomic E-state index is 12.1. The molecule has 13 nitrogen and oxygen atoms in total. The van der Waals surface area contributed by atoms with Crippen LogP contribution in [0.3, 0.4) is 0 Å². The number of rotatable bonds is 7. The Labute approximate surface area is 181 Å². The van der Waals surface area contributed by atoms with Gasteiger partial charge in [-0.3, -0.25) is 29.0 Å². The van der Waals surface area contributed by atoms with Crippen LogP contribution in [-0.4, -0.2) is 71.0 Å². The van der Waals surface area contributed by atoms with E-state index in [-0.39, 0.29) is 18.6 Å². The molecule has 1 aliphatic rings. The average molecular weight is 456 g/mol. The topological polar surface area (TPSA) is 180 Å². The summed E-state index contributed by atoms with van der Waals surface area (Å²) in [5.41, 5.74) is -1.35. The summed E-state index contributed by atoms with van der Waals surface area (Å²) in [6, 6.07) is 0. The van der Waals surface area contributed by atoms with Crippen molar-refractivity contribution in [2.24, 2.45) is 0 Å². The van der Waals surface area contributed by atoms with Gasteiger partial charge in [-0.25, -0.2) is 4.79 Å². The number of hydrogen-bond donors (Lipinski definition) is 2. The molecule has 1 fully saturated rings. The lowest BCUT2D eigenvalue weighted by Crippen LogP contribution is -2.63. The summed E-state index contributed by atoms with van der Waals surface area (Å²) in [6.45, 7) is 4.11. The normalized spacial score (nSPS) is 24.8. The van der Waals surface area contributed by atoms with E-state index >= 15 is 0 Å². The van der Waals surface area contributed by atoms with Crippen molar-refractivity contribution in [2.45, 2.75) is 64.6 Å². The number of aromatic nitrogens is 2. The Balaban J connectivity index is 2.49. The Hall–Kier alpha value is -3.48. The summed E-state index contributed by atoms with van der Waals surface area (Å²) in [6.07, 6.45) is -5.15. The molecular weight excluding hydrogens is 432 g/mol. The van der Waals surface area contributed by atoms with Gasteiger partial charge in [0.15, 0.2) is 18.3 Å². The van der Waals surface area contributed by atoms with E-state index in [4.69, 9.17) is 23.7 Å². The summed E-state index contributed by atoms with van der Waals surface area (Å²) < 4.78 is 26.8. The zero-order valence-electron chi connectivity index (χ0n) is 17.9. The monoisotopic (exact) mass is 456 g/mol. The first-order valence-corrected chi connectivity index (χ1v) is 9.59. The highest BCUT2D eigenvalue weighted by Crippen LogP contribution is 2.30. The largest absolute Gasteiger partial charge is 0.463 e. The summed E-state index contributed by atoms with van der Waals surface area (Å²) in [7, 11) is 0. The Morgan fingerprint density at radius 2 is 1.38 bits per heavy atom. The van der Waals surface area contributed by atoms with E-state index in [1.807, 2.05) is 0 Å². The fourth-order valence-corrected chi connectivity index (χ4v) is 3.29. The number of H-pyrrole nitrogens is 2. The molecule has 2 N–H and O–H groups in total. The summed E-state index contributed by atoms with van der Waals surface area (Å²) in [4.78, 5) is 74.4. The van der Waals surface area contributed by atoms with E-state index in [0.29, 0.717) is 0 Å². The molecule has 1 saturated heterocycles. The van der Waals surface area contributed by atoms with Crippen LogP contribution in [-0.2, 0) is 49.3 Å². The molecule has 2 rings (SSSR count). The van der Waals surface area contributed by atoms with Crippen molar-refractivity contribution in [3.8, 4) is 0 Å². The minimum absolute atomic E-state index is 0.0745. The third kappa shape index (κ3) is 6.77. The van der Waals surface area contributed by atoms with Gasteiger partial charge < -0.3 is 28.7 Å². The van der Waals surface area contributed by atoms with Gasteiger partial charge in [0.25, 0.3) is 5.56 Å². The minimum atomic E-state index is -1.33. The van der Waals surface area contributed by atoms with Gasteiger partial charge in [0.2, 0.25) is 0 Å². The molecule has 32 heavy (non-hydrogen) atoms. The summed E-state index contributed by atoms with van der Waals surface area (Å²) in [5.74, 6) is -2.91. The Morgan fingerprint density at radius 3 is 1.88 bits per heavy atom. The quantitative estimate of drug-likeness (QED) is 0.369. The fraction of sp³-hybridized carbons (Fsp3) is 0.579. The molecule has 0 saturated carbocycles. The minimum Gasteiger partial charge on any atom is -0.463 e. The maximum atomic E-state index is 12.1. The molecule has 0 aliphatic carbocycles. The van der Waals surface area contributed by atoms with Crippen molar-refractivity contribution >= 4 is 23.9 Å². The fourth-order valence-electron chi connectivity index (χ4n) is 3.29. The van der Waals surface area contributed by atoms with Crippen LogP contribution < -0.4 is 11.2 Å². The van der Waals surface area contributed by atoms with Gasteiger partial charge in [-0.1, -0.05) is 0 Å². The Morgan fingerprint density at radius 1 is 0.844 bits per heavy atom. The lowest BCUT2D eigenvalue weighted by atomic mass is 9.91. The molecule has 0 amide bonds. The molecule has 0 radical (unpaired) electrons. The van der Waals surface area contributed by atoms with Crippen LogP contribution >= 0.6 is 0 Å². The second-order valence-electron chi connectivity index (χ2n) is 7.04. The molecule has 176 valence electrons. The highest BCUT2D eigenvalue weighted by Gasteiger charge is 2.52. The molecule has 0 spiro atoms. The molecule has 0 unspecified atom stereocenters. The van der Waals surface area contributed by atoms with E-state index in [1.165, 1.54) is 0 Å². The molecule has 0 aromatic carbocycles. The number of hydrogen-bond acceptors (Lipinski definition) is 11. The summed E-state index contributed by atoms with van der Waals surface area (Å²) >= 11 is 0. The number of ether oxygens (including phenoxy) is 5. The second-order valence-corrected chi connectivity index (χ2v) is 7.04. The van der Waals surface area contributed by atoms with Crippen LogP contribution in [0.25, 0.3) is 0 Å². The van der Waals surface area contributed by atoms with Crippen LogP contribution in [0.2, 0.25) is 0 Å². The van der Waals surface area contributed by atoms with Crippen molar-refractivity contribution in [1.29, 1.82) is 0 Å². The lowest BCUT2D eigenvalue weighted by Gasteiger charge is -2.44. The zero-order valence-corrected chi connectivity index (χ0v) is 17.9. The first kappa shape index (κ1) is 24.8. The van der Waals surface area contributed by atoms with Gasteiger partial charge in [-0.15, -0.1) is 0 Å². The SMILES string of the molecule is CC(=O)OC[C@H]1O[C@@H](Cc2c[nH]c(=O)[nH]c2=O)[C@H](OC(C)=O)[C@@H](OC(C)=O)[C@H]1OC(C)=O. The standard InChI is InChI=1S/C19H24N2O11/c1-8(22)28-7-14-16(30-10(3)24)17(31-11(4)25)15(29-9(2)23)13(32-14)5-12-6-20-19(27)21-18(12)26/h6,13-17H,5,7H2,1-4H3,(H2,20,21,26,27)/t13-,14+,15-,16-,17+/m0/s1. The molecule has 1 aromatic rings. The molecule has 1 aromatic heterocycles. The Kier molecular flexibility index (Phi) is 8.29. The van der Waals surface area contributed by atoms with E-state index in [9.17, 15) is 28.8 Å². The van der Waals surface area contributed by atoms with Gasteiger partial charge in [0.1, 0.15) is 18.8 Å². The third-order valence-electron chi connectivity index (χ3n) is 4.40. The maximum Gasteiger partial charge on any atom is 0.325 e. The molecule has 2 heterocycles. The summed E-state index contributed by atoms with van der Waals surface area (Å²) in [5, 5.41) is 0. The van der Waals surface area contributed by atoms with Crippen LogP contribution in [0.15, 0.2) is 15.8 Å². The van der Waals surface area contributed by atoms with Crippen LogP contribution in [0.1, 0.15) is 33.3 Å². The number of nitrogens with one attached hydrogen (secondary N) is 2. The van der Waals surface area contributed by atoms with E-state index < -0.39 is 65.6 Å². The van der Waals surface area contributed by atoms with Gasteiger partial charge in [-0.2, -0.15) is 0 Å². The van der Waals surface area contributed by atoms with Gasteiger partial charge >= 0.3 is 29.6 Å². The number of aromatic amines is 2. The zero-order chi connectivity index (χ0) is 24.0. The molecule has 13 heteroatoms. The first-order chi connectivity index (χ1) is 15.0. The second kappa shape index (κ2) is 10.7. The van der Waals surface area contributed by atoms with E-state index in [2.05, 4.69) is 9.97 Å². The van der Waals surface area contributed by atoms with Crippen LogP contribution in [0.4, 0.5) is 0 Å². The van der Waals surface area contributed by atoms with E-state index in [0.717, 1.165) is 33.9 Å². The molecular formula is C19H24N2O11. The molecule has 1 aliphatic heterocycles. The Bertz CT molecular complexity index is 982. The van der Waals surface area contributed by atoms with Crippen molar-refractivity contribution in [1.82, 2.24) is 9.97 Å². The predicted octanol–water partition coefficient (Wildman–Crippen LogP) is -1.27. The van der Waals surface area contributed by atoms with Crippen molar-refractivity contribution in [3.05, 3.63) is 32.6 Å². The number of carbonyl (C=O) groups excluding carboxylic acids is 4. The van der Waals surface area contributed by atoms with Crippen molar-refractivity contribution < 1.29 is 42.9 Å². The van der Waals surface area contributed by atoms with Crippen LogP contribution in [0, 0.1) is 0 Å². The predicted molar refractivity (Wildman–Crippen MR) is 103 cm³/mol. The number of esters is 4. The number of carbonyl (C=O) groups is 4. The smallest absolute Gasteiger partial charge is 0.325 e. The van der Waals surface area contributed by atoms with Gasteiger partial charge in [0.05, 0.1) is 0 Å². The average Bonchev–Trinajstić information content (AvgIpc) is 2.65.